The summed E-state index contributed by atoms with van der Waals surface area (Å²) in [6.45, 7) is 38.8. The summed E-state index contributed by atoms with van der Waals surface area (Å²) in [7, 11) is 0. The number of carbonyl (C=O) groups excluding carboxylic acids is 2. The van der Waals surface area contributed by atoms with E-state index in [2.05, 4.69) is 160 Å². The van der Waals surface area contributed by atoms with Gasteiger partial charge in [0.15, 0.2) is 0 Å². The molecular weight excluding hydrogens is 833 g/mol. The first kappa shape index (κ1) is 54.6. The molecule has 0 bridgehead atoms. The molecular formula is C59H86N2O6. The lowest BCUT2D eigenvalue weighted by atomic mass is 9.77. The molecule has 6 N–H and O–H groups in total. The summed E-state index contributed by atoms with van der Waals surface area (Å²) in [5.41, 5.74) is 8.94. The van der Waals surface area contributed by atoms with E-state index >= 15 is 0 Å². The van der Waals surface area contributed by atoms with Crippen LogP contribution in [0.3, 0.4) is 0 Å². The Labute approximate surface area is 404 Å². The standard InChI is InChI=1S/C59H86N2O6/c1-54(2,3)42-32-40(52(66)46(34-42)58(13,14)15)30-38-26-36(28-44(50(38)64)56(7,8)9)20-22-48(62)60-24-19-25-61-49(63)23-21-37-27-39(51(65)45(29-37)57(10,11)12)31-41-33-43(55(4,5)6)35-47(53(41)67)59(16,17)18/h26-29,32-35,64-67H,19-25,30-31H2,1-18H3,(H,60,62)(H,61,63). The van der Waals surface area contributed by atoms with Crippen LogP contribution in [0.4, 0.5) is 0 Å². The van der Waals surface area contributed by atoms with E-state index in [0.29, 0.717) is 45.2 Å². The summed E-state index contributed by atoms with van der Waals surface area (Å²) in [5, 5.41) is 52.3. The second-order valence-corrected chi connectivity index (χ2v) is 25.3. The van der Waals surface area contributed by atoms with E-state index in [1.54, 1.807) is 0 Å². The number of benzene rings is 4. The smallest absolute Gasteiger partial charge is 0.220 e. The van der Waals surface area contributed by atoms with Crippen LogP contribution in [0.25, 0.3) is 0 Å². The molecule has 67 heavy (non-hydrogen) atoms. The third-order valence-electron chi connectivity index (χ3n) is 12.9. The molecule has 0 atom stereocenters. The van der Waals surface area contributed by atoms with Gasteiger partial charge in [-0.25, -0.2) is 0 Å². The highest BCUT2D eigenvalue weighted by Gasteiger charge is 2.29. The second-order valence-electron chi connectivity index (χ2n) is 25.3. The average Bonchev–Trinajstić information content (AvgIpc) is 3.16. The van der Waals surface area contributed by atoms with E-state index in [0.717, 1.165) is 66.8 Å². The van der Waals surface area contributed by atoms with E-state index in [4.69, 9.17) is 0 Å². The van der Waals surface area contributed by atoms with Gasteiger partial charge in [0.1, 0.15) is 23.0 Å². The Balaban J connectivity index is 1.38. The van der Waals surface area contributed by atoms with Crippen molar-refractivity contribution in [1.29, 1.82) is 0 Å². The third kappa shape index (κ3) is 14.5. The fourth-order valence-electron chi connectivity index (χ4n) is 8.54. The normalized spacial score (nSPS) is 12.9. The molecule has 368 valence electrons. The molecule has 4 aromatic rings. The van der Waals surface area contributed by atoms with Crippen molar-refractivity contribution >= 4 is 11.8 Å². The van der Waals surface area contributed by atoms with Gasteiger partial charge in [-0.05, 0) is 119 Å². The minimum atomic E-state index is -0.351. The van der Waals surface area contributed by atoms with Crippen LogP contribution in [0.2, 0.25) is 0 Å². The van der Waals surface area contributed by atoms with E-state index in [9.17, 15) is 30.0 Å². The van der Waals surface area contributed by atoms with Gasteiger partial charge in [-0.2, -0.15) is 0 Å². The van der Waals surface area contributed by atoms with Crippen molar-refractivity contribution in [2.45, 2.75) is 202 Å². The Morgan fingerprint density at radius 1 is 0.388 bits per heavy atom. The van der Waals surface area contributed by atoms with Gasteiger partial charge < -0.3 is 31.1 Å². The quantitative estimate of drug-likeness (QED) is 0.0697. The predicted octanol–water partition coefficient (Wildman–Crippen LogP) is 12.7. The minimum absolute atomic E-state index is 0.0885. The van der Waals surface area contributed by atoms with Gasteiger partial charge in [0, 0.05) is 38.8 Å². The summed E-state index contributed by atoms with van der Waals surface area (Å²) in [6.07, 6.45) is 2.78. The molecule has 4 aromatic carbocycles. The highest BCUT2D eigenvalue weighted by Crippen LogP contribution is 2.43. The van der Waals surface area contributed by atoms with E-state index in [1.807, 2.05) is 24.3 Å². The molecule has 8 nitrogen and oxygen atoms in total. The van der Waals surface area contributed by atoms with Crippen molar-refractivity contribution in [1.82, 2.24) is 10.6 Å². The van der Waals surface area contributed by atoms with Crippen molar-refractivity contribution < 1.29 is 30.0 Å². The van der Waals surface area contributed by atoms with Crippen LogP contribution in [0.5, 0.6) is 23.0 Å². The van der Waals surface area contributed by atoms with Gasteiger partial charge in [-0.15, -0.1) is 0 Å². The van der Waals surface area contributed by atoms with Crippen LogP contribution < -0.4 is 10.6 Å². The molecule has 0 aliphatic rings. The maximum atomic E-state index is 13.1. The summed E-state index contributed by atoms with van der Waals surface area (Å²) in [6, 6.07) is 16.2. The molecule has 0 spiro atoms. The van der Waals surface area contributed by atoms with Gasteiger partial charge in [0.25, 0.3) is 0 Å². The Morgan fingerprint density at radius 3 is 0.925 bits per heavy atom. The van der Waals surface area contributed by atoms with Crippen molar-refractivity contribution in [3.05, 3.63) is 115 Å². The topological polar surface area (TPSA) is 139 Å². The van der Waals surface area contributed by atoms with Crippen LogP contribution >= 0.6 is 0 Å². The third-order valence-corrected chi connectivity index (χ3v) is 12.9. The van der Waals surface area contributed by atoms with Gasteiger partial charge in [-0.1, -0.05) is 173 Å². The molecule has 0 unspecified atom stereocenters. The van der Waals surface area contributed by atoms with Gasteiger partial charge >= 0.3 is 0 Å². The molecule has 0 aliphatic carbocycles. The Kier molecular flexibility index (Phi) is 16.6. The number of hydrogen-bond acceptors (Lipinski definition) is 6. The molecule has 0 saturated heterocycles. The van der Waals surface area contributed by atoms with Crippen molar-refractivity contribution in [3.8, 4) is 23.0 Å². The zero-order valence-corrected chi connectivity index (χ0v) is 44.6. The Bertz CT molecular complexity index is 2250. The molecule has 0 saturated carbocycles. The number of nitrogens with one attached hydrogen (secondary N) is 2. The molecule has 0 aliphatic heterocycles. The molecule has 0 radical (unpaired) electrons. The zero-order valence-electron chi connectivity index (χ0n) is 44.6. The predicted molar refractivity (Wildman–Crippen MR) is 278 cm³/mol. The number of carbonyl (C=O) groups is 2. The number of rotatable bonds is 14. The maximum absolute atomic E-state index is 13.1. The molecule has 8 heteroatoms. The van der Waals surface area contributed by atoms with E-state index in [-0.39, 0.29) is 80.1 Å². The van der Waals surface area contributed by atoms with Crippen LogP contribution in [0, 0.1) is 0 Å². The minimum Gasteiger partial charge on any atom is -0.507 e. The first-order valence-electron chi connectivity index (χ1n) is 24.5. The summed E-state index contributed by atoms with van der Waals surface area (Å²) >= 11 is 0. The Hall–Kier alpha value is -4.98. The lowest BCUT2D eigenvalue weighted by Gasteiger charge is -2.28. The maximum Gasteiger partial charge on any atom is 0.220 e. The fourth-order valence-corrected chi connectivity index (χ4v) is 8.54. The molecule has 4 rings (SSSR count). The van der Waals surface area contributed by atoms with Crippen LogP contribution in [0.1, 0.15) is 211 Å². The van der Waals surface area contributed by atoms with Crippen molar-refractivity contribution in [2.75, 3.05) is 13.1 Å². The first-order valence-corrected chi connectivity index (χ1v) is 24.5. The number of aryl methyl sites for hydroxylation is 2. The van der Waals surface area contributed by atoms with Crippen molar-refractivity contribution in [3.63, 3.8) is 0 Å². The Morgan fingerprint density at radius 2 is 0.657 bits per heavy atom. The summed E-state index contributed by atoms with van der Waals surface area (Å²) in [5.74, 6) is 0.771. The summed E-state index contributed by atoms with van der Waals surface area (Å²) < 4.78 is 0. The van der Waals surface area contributed by atoms with Gasteiger partial charge in [0.2, 0.25) is 11.8 Å². The number of phenolic OH excluding ortho intramolecular Hbond substituents is 4. The zero-order chi connectivity index (χ0) is 50.8. The van der Waals surface area contributed by atoms with Crippen LogP contribution in [0.15, 0.2) is 48.5 Å². The van der Waals surface area contributed by atoms with E-state index < -0.39 is 0 Å². The highest BCUT2D eigenvalue weighted by atomic mass is 16.3. The lowest BCUT2D eigenvalue weighted by molar-refractivity contribution is -0.121. The van der Waals surface area contributed by atoms with Crippen LogP contribution in [-0.4, -0.2) is 45.3 Å². The molecule has 0 heterocycles. The lowest BCUT2D eigenvalue weighted by Crippen LogP contribution is -2.30. The van der Waals surface area contributed by atoms with Gasteiger partial charge in [0.05, 0.1) is 0 Å². The molecule has 0 aromatic heterocycles. The number of hydrogen-bond donors (Lipinski definition) is 6. The average molecular weight is 919 g/mol. The summed E-state index contributed by atoms with van der Waals surface area (Å²) in [4.78, 5) is 26.2. The van der Waals surface area contributed by atoms with E-state index in [1.165, 1.54) is 0 Å². The number of phenols is 4. The first-order chi connectivity index (χ1) is 30.5. The highest BCUT2D eigenvalue weighted by molar-refractivity contribution is 5.77. The number of amides is 2. The largest absolute Gasteiger partial charge is 0.507 e. The van der Waals surface area contributed by atoms with Crippen LogP contribution in [-0.2, 0) is 67.8 Å². The SMILES string of the molecule is CC(C)(C)c1cc(Cc2cc(CCC(=O)NCCCNC(=O)CCc3cc(Cc4cc(C(C)(C)C)cc(C(C)(C)C)c4O)c(O)c(C(C)(C)C)c3)cc(C(C)(C)C)c2O)c(O)c(C(C)(C)C)c1. The second kappa shape index (κ2) is 20.3. The molecule has 2 amide bonds. The molecule has 0 fully saturated rings. The van der Waals surface area contributed by atoms with Gasteiger partial charge in [-0.3, -0.25) is 9.59 Å². The fraction of sp³-hybridized carbons (Fsp3) is 0.559. The number of aromatic hydroxyl groups is 4. The monoisotopic (exact) mass is 919 g/mol. The van der Waals surface area contributed by atoms with Crippen molar-refractivity contribution in [2.24, 2.45) is 0 Å².